The van der Waals surface area contributed by atoms with Gasteiger partial charge in [0.1, 0.15) is 5.82 Å². The second-order valence-electron chi connectivity index (χ2n) is 2.36. The highest BCUT2D eigenvalue weighted by Crippen LogP contribution is 2.02. The molecule has 1 rings (SSSR count). The standard InChI is InChI=1S/C9H10N2O.C2H6/c1-4-7-8(5-2)10-6(3)11-9(7)12;1-2/h4-5H,1-2H2,3H3,(H,10,11,12);1-2H3. The third-order valence-corrected chi connectivity index (χ3v) is 1.50. The maximum Gasteiger partial charge on any atom is 0.258 e. The van der Waals surface area contributed by atoms with Crippen molar-refractivity contribution < 1.29 is 0 Å². The van der Waals surface area contributed by atoms with E-state index < -0.39 is 0 Å². The minimum absolute atomic E-state index is 0.174. The van der Waals surface area contributed by atoms with Crippen LogP contribution in [0.4, 0.5) is 0 Å². The lowest BCUT2D eigenvalue weighted by Crippen LogP contribution is -2.14. The molecule has 0 amide bonds. The first kappa shape index (κ1) is 12.4. The van der Waals surface area contributed by atoms with Gasteiger partial charge < -0.3 is 4.98 Å². The summed E-state index contributed by atoms with van der Waals surface area (Å²) in [6, 6.07) is 0. The lowest BCUT2D eigenvalue weighted by atomic mass is 10.2. The molecule has 0 bridgehead atoms. The summed E-state index contributed by atoms with van der Waals surface area (Å²) >= 11 is 0. The van der Waals surface area contributed by atoms with Crippen molar-refractivity contribution in [1.29, 1.82) is 0 Å². The molecule has 0 aliphatic rings. The number of aryl methyl sites for hydroxylation is 1. The van der Waals surface area contributed by atoms with Crippen molar-refractivity contribution in [2.75, 3.05) is 0 Å². The predicted molar refractivity (Wildman–Crippen MR) is 61.1 cm³/mol. The van der Waals surface area contributed by atoms with Crippen molar-refractivity contribution in [1.82, 2.24) is 9.97 Å². The monoisotopic (exact) mass is 192 g/mol. The van der Waals surface area contributed by atoms with E-state index in [1.54, 1.807) is 13.0 Å². The first-order valence-corrected chi connectivity index (χ1v) is 4.55. The van der Waals surface area contributed by atoms with E-state index in [1.165, 1.54) is 6.08 Å². The molecule has 0 fully saturated rings. The Balaban J connectivity index is 0.000000791. The van der Waals surface area contributed by atoms with E-state index in [4.69, 9.17) is 0 Å². The maximum absolute atomic E-state index is 11.2. The Hall–Kier alpha value is -1.64. The third kappa shape index (κ3) is 2.69. The average Bonchev–Trinajstić information content (AvgIpc) is 2.19. The number of H-pyrrole nitrogens is 1. The molecule has 0 spiro atoms. The summed E-state index contributed by atoms with van der Waals surface area (Å²) in [5.74, 6) is 0.584. The van der Waals surface area contributed by atoms with Gasteiger partial charge >= 0.3 is 0 Å². The molecule has 1 heterocycles. The van der Waals surface area contributed by atoms with Gasteiger partial charge in [-0.1, -0.05) is 33.1 Å². The first-order valence-electron chi connectivity index (χ1n) is 4.55. The van der Waals surface area contributed by atoms with Crippen LogP contribution in [0.2, 0.25) is 0 Å². The van der Waals surface area contributed by atoms with Gasteiger partial charge in [-0.05, 0) is 13.0 Å². The molecule has 0 radical (unpaired) electrons. The van der Waals surface area contributed by atoms with E-state index in [0.29, 0.717) is 17.1 Å². The molecule has 3 nitrogen and oxygen atoms in total. The first-order chi connectivity index (χ1) is 6.69. The number of aromatic nitrogens is 2. The molecule has 0 aromatic carbocycles. The van der Waals surface area contributed by atoms with Crippen LogP contribution < -0.4 is 5.56 Å². The van der Waals surface area contributed by atoms with Gasteiger partial charge in [-0.3, -0.25) is 4.79 Å². The molecule has 0 atom stereocenters. The molecule has 1 aromatic heterocycles. The Kier molecular flexibility index (Phi) is 5.22. The van der Waals surface area contributed by atoms with Crippen LogP contribution in [0.25, 0.3) is 12.2 Å². The summed E-state index contributed by atoms with van der Waals surface area (Å²) < 4.78 is 0. The highest BCUT2D eigenvalue weighted by atomic mass is 16.1. The smallest absolute Gasteiger partial charge is 0.258 e. The van der Waals surface area contributed by atoms with Gasteiger partial charge in [0.05, 0.1) is 11.3 Å². The summed E-state index contributed by atoms with van der Waals surface area (Å²) in [7, 11) is 0. The van der Waals surface area contributed by atoms with Gasteiger partial charge in [0.2, 0.25) is 0 Å². The Labute approximate surface area is 84.2 Å². The summed E-state index contributed by atoms with van der Waals surface area (Å²) in [4.78, 5) is 17.9. The second kappa shape index (κ2) is 5.91. The minimum Gasteiger partial charge on any atom is -0.310 e. The fraction of sp³-hybridized carbons (Fsp3) is 0.273. The number of nitrogens with one attached hydrogen (secondary N) is 1. The Morgan fingerprint density at radius 1 is 1.29 bits per heavy atom. The lowest BCUT2D eigenvalue weighted by molar-refractivity contribution is 1.00. The van der Waals surface area contributed by atoms with Gasteiger partial charge in [0.25, 0.3) is 5.56 Å². The van der Waals surface area contributed by atoms with Gasteiger partial charge in [0, 0.05) is 0 Å². The average molecular weight is 192 g/mol. The number of aromatic amines is 1. The zero-order valence-corrected chi connectivity index (χ0v) is 8.92. The molecule has 1 aromatic rings. The van der Waals surface area contributed by atoms with E-state index in [1.807, 2.05) is 13.8 Å². The van der Waals surface area contributed by atoms with Crippen LogP contribution in [0.15, 0.2) is 18.0 Å². The van der Waals surface area contributed by atoms with E-state index in [9.17, 15) is 4.79 Å². The van der Waals surface area contributed by atoms with Gasteiger partial charge in [-0.25, -0.2) is 4.98 Å². The highest BCUT2D eigenvalue weighted by molar-refractivity contribution is 5.59. The van der Waals surface area contributed by atoms with Crippen molar-refractivity contribution >= 4 is 12.2 Å². The normalized spacial score (nSPS) is 8.50. The largest absolute Gasteiger partial charge is 0.310 e. The molecule has 0 unspecified atom stereocenters. The summed E-state index contributed by atoms with van der Waals surface area (Å²) in [6.07, 6.45) is 3.02. The molecule has 0 saturated carbocycles. The minimum atomic E-state index is -0.174. The zero-order chi connectivity index (χ0) is 11.1. The Morgan fingerprint density at radius 2 is 1.86 bits per heavy atom. The molecule has 0 saturated heterocycles. The maximum atomic E-state index is 11.2. The molecular weight excluding hydrogens is 176 g/mol. The highest BCUT2D eigenvalue weighted by Gasteiger charge is 2.02. The number of hydrogen-bond acceptors (Lipinski definition) is 2. The second-order valence-corrected chi connectivity index (χ2v) is 2.36. The molecule has 1 N–H and O–H groups in total. The van der Waals surface area contributed by atoms with Crippen molar-refractivity contribution in [3.05, 3.63) is 40.6 Å². The van der Waals surface area contributed by atoms with E-state index >= 15 is 0 Å². The Bertz CT molecular complexity index is 377. The van der Waals surface area contributed by atoms with Crippen molar-refractivity contribution in [2.24, 2.45) is 0 Å². The van der Waals surface area contributed by atoms with Gasteiger partial charge in [-0.2, -0.15) is 0 Å². The van der Waals surface area contributed by atoms with Gasteiger partial charge in [-0.15, -0.1) is 0 Å². The fourth-order valence-corrected chi connectivity index (χ4v) is 0.970. The van der Waals surface area contributed by atoms with Crippen molar-refractivity contribution in [2.45, 2.75) is 20.8 Å². The van der Waals surface area contributed by atoms with Crippen LogP contribution >= 0.6 is 0 Å². The lowest BCUT2D eigenvalue weighted by Gasteiger charge is -1.99. The van der Waals surface area contributed by atoms with Crippen molar-refractivity contribution in [3.63, 3.8) is 0 Å². The van der Waals surface area contributed by atoms with Crippen LogP contribution in [0.3, 0.4) is 0 Å². The van der Waals surface area contributed by atoms with Crippen molar-refractivity contribution in [3.8, 4) is 0 Å². The number of hydrogen-bond donors (Lipinski definition) is 1. The predicted octanol–water partition coefficient (Wildman–Crippen LogP) is 2.39. The molecule has 3 heteroatoms. The van der Waals surface area contributed by atoms with E-state index in [-0.39, 0.29) is 5.56 Å². The Morgan fingerprint density at radius 3 is 2.29 bits per heavy atom. The molecular formula is C11H16N2O. The van der Waals surface area contributed by atoms with E-state index in [2.05, 4.69) is 23.1 Å². The molecule has 0 aliphatic carbocycles. The van der Waals surface area contributed by atoms with Crippen LogP contribution in [0, 0.1) is 6.92 Å². The van der Waals surface area contributed by atoms with E-state index in [0.717, 1.165) is 0 Å². The SMILES string of the molecule is C=Cc1nc(C)[nH]c(=O)c1C=C.CC. The zero-order valence-electron chi connectivity index (χ0n) is 8.92. The van der Waals surface area contributed by atoms with Gasteiger partial charge in [0.15, 0.2) is 0 Å². The fourth-order valence-electron chi connectivity index (χ4n) is 0.970. The topological polar surface area (TPSA) is 45.8 Å². The van der Waals surface area contributed by atoms with Crippen LogP contribution in [0.5, 0.6) is 0 Å². The summed E-state index contributed by atoms with van der Waals surface area (Å²) in [5, 5.41) is 0. The van der Waals surface area contributed by atoms with Crippen LogP contribution in [-0.2, 0) is 0 Å². The molecule has 0 aliphatic heterocycles. The summed E-state index contributed by atoms with van der Waals surface area (Å²) in [6.45, 7) is 12.8. The molecule has 76 valence electrons. The third-order valence-electron chi connectivity index (χ3n) is 1.50. The number of nitrogens with zero attached hydrogens (tertiary/aromatic N) is 1. The van der Waals surface area contributed by atoms with Crippen LogP contribution in [0.1, 0.15) is 30.9 Å². The number of rotatable bonds is 2. The molecule has 14 heavy (non-hydrogen) atoms. The quantitative estimate of drug-likeness (QED) is 0.782. The van der Waals surface area contributed by atoms with Crippen LogP contribution in [-0.4, -0.2) is 9.97 Å². The summed E-state index contributed by atoms with van der Waals surface area (Å²) in [5.41, 5.74) is 0.870.